The third kappa shape index (κ3) is 5.25. The van der Waals surface area contributed by atoms with E-state index in [-0.39, 0.29) is 29.1 Å². The van der Waals surface area contributed by atoms with Crippen LogP contribution < -0.4 is 10.3 Å². The van der Waals surface area contributed by atoms with Gasteiger partial charge in [-0.3, -0.25) is 14.2 Å². The first kappa shape index (κ1) is 26.1. The number of ether oxygens (including phenoxy) is 1. The number of rotatable bonds is 8. The largest absolute Gasteiger partial charge is 0.434 e. The highest BCUT2D eigenvalue weighted by molar-refractivity contribution is 5.84. The molecule has 3 aromatic heterocycles. The molecule has 39 heavy (non-hydrogen) atoms. The highest BCUT2D eigenvalue weighted by Crippen LogP contribution is 2.29. The number of fused-ring (bicyclic) bond motifs is 1. The number of aliphatic hydroxyl groups is 1. The SMILES string of the molecule is Cn1c(=O)c2cc(F)c(-c3cnc(C(C)(C)O)nc3)cc2n1Cc1cc(Cn2cncn2)ccc1OC(F)F. The van der Waals surface area contributed by atoms with Crippen molar-refractivity contribution in [3.63, 3.8) is 0 Å². The predicted molar refractivity (Wildman–Crippen MR) is 135 cm³/mol. The summed E-state index contributed by atoms with van der Waals surface area (Å²) in [6.45, 7) is 0.321. The molecule has 202 valence electrons. The zero-order valence-electron chi connectivity index (χ0n) is 21.2. The molecule has 0 aliphatic carbocycles. The zero-order chi connectivity index (χ0) is 27.9. The van der Waals surface area contributed by atoms with Crippen LogP contribution in [0, 0.1) is 5.82 Å². The van der Waals surface area contributed by atoms with Crippen LogP contribution in [0.3, 0.4) is 0 Å². The number of alkyl halides is 2. The Balaban J connectivity index is 1.60. The summed E-state index contributed by atoms with van der Waals surface area (Å²) in [6.07, 6.45) is 5.69. The van der Waals surface area contributed by atoms with Gasteiger partial charge in [0.2, 0.25) is 0 Å². The molecule has 0 fully saturated rings. The highest BCUT2D eigenvalue weighted by atomic mass is 19.3. The Kier molecular flexibility index (Phi) is 6.68. The van der Waals surface area contributed by atoms with Gasteiger partial charge < -0.3 is 9.84 Å². The molecule has 0 saturated heterocycles. The first-order valence-electron chi connectivity index (χ1n) is 11.8. The first-order valence-corrected chi connectivity index (χ1v) is 11.8. The molecule has 1 N–H and O–H groups in total. The fourth-order valence-electron chi connectivity index (χ4n) is 4.32. The maximum absolute atomic E-state index is 15.1. The van der Waals surface area contributed by atoms with Crippen LogP contribution in [0.2, 0.25) is 0 Å². The summed E-state index contributed by atoms with van der Waals surface area (Å²) in [5.41, 5.74) is 0.226. The van der Waals surface area contributed by atoms with E-state index < -0.39 is 23.6 Å². The Morgan fingerprint density at radius 1 is 1.10 bits per heavy atom. The Hall–Kier alpha value is -4.52. The number of aromatic nitrogens is 7. The monoisotopic (exact) mass is 539 g/mol. The quantitative estimate of drug-likeness (QED) is 0.321. The van der Waals surface area contributed by atoms with E-state index in [9.17, 15) is 18.7 Å². The first-order chi connectivity index (χ1) is 18.5. The normalized spacial score (nSPS) is 12.0. The fraction of sp³-hybridized carbons (Fsp3) is 0.269. The highest BCUT2D eigenvalue weighted by Gasteiger charge is 2.21. The van der Waals surface area contributed by atoms with Gasteiger partial charge in [-0.05, 0) is 43.7 Å². The van der Waals surface area contributed by atoms with Crippen LogP contribution in [0.25, 0.3) is 22.0 Å². The lowest BCUT2D eigenvalue weighted by Crippen LogP contribution is -2.20. The standard InChI is InChI=1S/C26H24F3N7O3/c1-26(2,38)24-31-9-17(10-32-24)18-8-21-19(7-20(18)27)23(37)34(3)36(21)12-16-6-15(11-35-14-30-13-33-35)4-5-22(16)39-25(28)29/h4-10,13-14,25,38H,11-12H2,1-3H3. The fourth-order valence-corrected chi connectivity index (χ4v) is 4.32. The number of hydrogen-bond donors (Lipinski definition) is 1. The average Bonchev–Trinajstić information content (AvgIpc) is 3.47. The molecular formula is C26H24F3N7O3. The summed E-state index contributed by atoms with van der Waals surface area (Å²) in [4.78, 5) is 25.2. The van der Waals surface area contributed by atoms with Crippen molar-refractivity contribution in [2.75, 3.05) is 0 Å². The average molecular weight is 540 g/mol. The predicted octanol–water partition coefficient (Wildman–Crippen LogP) is 3.45. The van der Waals surface area contributed by atoms with Gasteiger partial charge in [0, 0.05) is 36.1 Å². The molecule has 5 aromatic rings. The van der Waals surface area contributed by atoms with Crippen molar-refractivity contribution in [2.45, 2.75) is 39.1 Å². The molecule has 0 radical (unpaired) electrons. The number of hydrogen-bond acceptors (Lipinski definition) is 7. The van der Waals surface area contributed by atoms with E-state index >= 15 is 4.39 Å². The van der Waals surface area contributed by atoms with Crippen molar-refractivity contribution in [3.8, 4) is 16.9 Å². The van der Waals surface area contributed by atoms with Crippen LogP contribution in [0.15, 0.2) is 60.2 Å². The maximum atomic E-state index is 15.1. The van der Waals surface area contributed by atoms with Crippen molar-refractivity contribution in [2.24, 2.45) is 7.05 Å². The molecule has 10 nitrogen and oxygen atoms in total. The van der Waals surface area contributed by atoms with Gasteiger partial charge in [-0.2, -0.15) is 13.9 Å². The minimum atomic E-state index is -3.05. The van der Waals surface area contributed by atoms with E-state index in [2.05, 4.69) is 20.1 Å². The summed E-state index contributed by atoms with van der Waals surface area (Å²) in [7, 11) is 1.51. The summed E-state index contributed by atoms with van der Waals surface area (Å²) < 4.78 is 50.7. The van der Waals surface area contributed by atoms with E-state index in [0.717, 1.165) is 11.6 Å². The second-order valence-electron chi connectivity index (χ2n) is 9.50. The summed E-state index contributed by atoms with van der Waals surface area (Å²) in [5, 5.41) is 14.3. The molecule has 0 aliphatic heterocycles. The van der Waals surface area contributed by atoms with Gasteiger partial charge in [-0.1, -0.05) is 6.07 Å². The Morgan fingerprint density at radius 2 is 1.85 bits per heavy atom. The molecule has 5 rings (SSSR count). The van der Waals surface area contributed by atoms with Crippen LogP contribution in [0.4, 0.5) is 13.2 Å². The number of halogens is 3. The van der Waals surface area contributed by atoms with Crippen molar-refractivity contribution in [3.05, 3.63) is 88.5 Å². The minimum absolute atomic E-state index is 0.0261. The Labute approximate surface area is 219 Å². The second kappa shape index (κ2) is 9.98. The third-order valence-corrected chi connectivity index (χ3v) is 6.23. The lowest BCUT2D eigenvalue weighted by molar-refractivity contribution is -0.0505. The van der Waals surface area contributed by atoms with Crippen molar-refractivity contribution < 1.29 is 23.0 Å². The molecule has 0 saturated carbocycles. The van der Waals surface area contributed by atoms with Gasteiger partial charge in [0.05, 0.1) is 24.0 Å². The van der Waals surface area contributed by atoms with E-state index in [1.165, 1.54) is 62.8 Å². The molecule has 0 unspecified atom stereocenters. The molecule has 0 amide bonds. The third-order valence-electron chi connectivity index (χ3n) is 6.23. The van der Waals surface area contributed by atoms with Gasteiger partial charge >= 0.3 is 6.61 Å². The van der Waals surface area contributed by atoms with Crippen LogP contribution in [0.1, 0.15) is 30.8 Å². The molecule has 0 spiro atoms. The molecular weight excluding hydrogens is 515 g/mol. The summed E-state index contributed by atoms with van der Waals surface area (Å²) in [6, 6.07) is 7.38. The minimum Gasteiger partial charge on any atom is -0.434 e. The number of benzene rings is 2. The van der Waals surface area contributed by atoms with Crippen LogP contribution in [-0.2, 0) is 25.7 Å². The zero-order valence-corrected chi connectivity index (χ0v) is 21.2. The van der Waals surface area contributed by atoms with Gasteiger partial charge in [0.1, 0.15) is 29.8 Å². The molecule has 0 atom stereocenters. The van der Waals surface area contributed by atoms with Crippen molar-refractivity contribution >= 4 is 10.9 Å². The van der Waals surface area contributed by atoms with Crippen LogP contribution in [0.5, 0.6) is 5.75 Å². The van der Waals surface area contributed by atoms with Gasteiger partial charge in [-0.25, -0.2) is 24.0 Å². The smallest absolute Gasteiger partial charge is 0.387 e. The molecule has 2 aromatic carbocycles. The molecule has 0 aliphatic rings. The molecule has 13 heteroatoms. The number of nitrogens with zero attached hydrogens (tertiary/aromatic N) is 7. The lowest BCUT2D eigenvalue weighted by Gasteiger charge is -2.16. The van der Waals surface area contributed by atoms with Gasteiger partial charge in [0.15, 0.2) is 5.82 Å². The van der Waals surface area contributed by atoms with E-state index in [1.807, 2.05) is 0 Å². The summed E-state index contributed by atoms with van der Waals surface area (Å²) >= 11 is 0. The second-order valence-corrected chi connectivity index (χ2v) is 9.50. The Morgan fingerprint density at radius 3 is 2.49 bits per heavy atom. The Bertz CT molecular complexity index is 1690. The topological polar surface area (TPSA) is 113 Å². The van der Waals surface area contributed by atoms with Crippen LogP contribution in [-0.4, -0.2) is 45.8 Å². The van der Waals surface area contributed by atoms with Gasteiger partial charge in [0.25, 0.3) is 5.56 Å². The molecule has 3 heterocycles. The molecule has 0 bridgehead atoms. The van der Waals surface area contributed by atoms with E-state index in [0.29, 0.717) is 23.2 Å². The van der Waals surface area contributed by atoms with Crippen molar-refractivity contribution in [1.82, 2.24) is 34.1 Å². The van der Waals surface area contributed by atoms with Gasteiger partial charge in [-0.15, -0.1) is 0 Å². The maximum Gasteiger partial charge on any atom is 0.387 e. The lowest BCUT2D eigenvalue weighted by atomic mass is 10.1. The van der Waals surface area contributed by atoms with E-state index in [1.54, 1.807) is 21.5 Å². The van der Waals surface area contributed by atoms with Crippen LogP contribution >= 0.6 is 0 Å². The van der Waals surface area contributed by atoms with E-state index in [4.69, 9.17) is 4.74 Å². The van der Waals surface area contributed by atoms with Crippen molar-refractivity contribution in [1.29, 1.82) is 0 Å². The summed E-state index contributed by atoms with van der Waals surface area (Å²) in [5.74, 6) is -0.546.